The first-order chi connectivity index (χ1) is 10.1. The van der Waals surface area contributed by atoms with E-state index in [0.717, 1.165) is 5.56 Å². The zero-order valence-corrected chi connectivity index (χ0v) is 11.8. The Hall–Kier alpha value is -2.33. The van der Waals surface area contributed by atoms with Crippen molar-refractivity contribution >= 4 is 29.2 Å². The van der Waals surface area contributed by atoms with Crippen LogP contribution in [-0.2, 0) is 6.42 Å². The summed E-state index contributed by atoms with van der Waals surface area (Å²) in [5.41, 5.74) is 2.38. The van der Waals surface area contributed by atoms with Crippen LogP contribution in [0, 0.1) is 0 Å². The van der Waals surface area contributed by atoms with E-state index in [1.165, 1.54) is 12.1 Å². The monoisotopic (exact) mass is 301 g/mol. The van der Waals surface area contributed by atoms with Crippen LogP contribution in [0.25, 0.3) is 0 Å². The first kappa shape index (κ1) is 13.6. The van der Waals surface area contributed by atoms with Gasteiger partial charge in [-0.15, -0.1) is 0 Å². The van der Waals surface area contributed by atoms with Gasteiger partial charge in [0.05, 0.1) is 5.56 Å². The first-order valence-corrected chi connectivity index (χ1v) is 6.88. The van der Waals surface area contributed by atoms with Gasteiger partial charge in [0.2, 0.25) is 0 Å². The number of carboxylic acid groups (broad SMARTS) is 1. The first-order valence-electron chi connectivity index (χ1n) is 6.50. The summed E-state index contributed by atoms with van der Waals surface area (Å²) in [6.07, 6.45) is 0.682. The Morgan fingerprint density at radius 1 is 1.14 bits per heavy atom. The van der Waals surface area contributed by atoms with Crippen LogP contribution in [0.1, 0.15) is 26.3 Å². The number of nitrogens with zero attached hydrogens (tertiary/aromatic N) is 1. The fraction of sp³-hybridized carbons (Fsp3) is 0.125. The van der Waals surface area contributed by atoms with E-state index >= 15 is 0 Å². The van der Waals surface area contributed by atoms with Crippen molar-refractivity contribution < 1.29 is 14.7 Å². The van der Waals surface area contributed by atoms with Crippen molar-refractivity contribution in [3.05, 3.63) is 64.2 Å². The maximum atomic E-state index is 12.5. The molecule has 3 rings (SSSR count). The molecule has 2 aromatic rings. The quantitative estimate of drug-likeness (QED) is 0.926. The van der Waals surface area contributed by atoms with Gasteiger partial charge in [-0.05, 0) is 48.4 Å². The Morgan fingerprint density at radius 3 is 2.52 bits per heavy atom. The van der Waals surface area contributed by atoms with E-state index in [-0.39, 0.29) is 11.5 Å². The summed E-state index contributed by atoms with van der Waals surface area (Å²) >= 11 is 6.12. The molecule has 0 radical (unpaired) electrons. The zero-order chi connectivity index (χ0) is 15.0. The predicted octanol–water partition coefficient (Wildman–Crippen LogP) is 3.24. The largest absolute Gasteiger partial charge is 0.478 e. The summed E-state index contributed by atoms with van der Waals surface area (Å²) in [5, 5.41) is 9.52. The highest BCUT2D eigenvalue weighted by Crippen LogP contribution is 2.29. The van der Waals surface area contributed by atoms with Crippen LogP contribution in [0.5, 0.6) is 0 Å². The molecule has 0 saturated carbocycles. The van der Waals surface area contributed by atoms with Crippen LogP contribution in [0.3, 0.4) is 0 Å². The highest BCUT2D eigenvalue weighted by molar-refractivity contribution is 6.32. The lowest BCUT2D eigenvalue weighted by Crippen LogP contribution is -2.37. The van der Waals surface area contributed by atoms with Crippen LogP contribution in [0.15, 0.2) is 42.5 Å². The second-order valence-corrected chi connectivity index (χ2v) is 5.23. The number of hydrogen-bond donors (Lipinski definition) is 1. The molecule has 1 heterocycles. The number of carbonyl (C=O) groups excluding carboxylic acids is 1. The molecule has 0 unspecified atom stereocenters. The molecular formula is C16H12ClNO3. The van der Waals surface area contributed by atoms with Crippen molar-refractivity contribution in [2.75, 3.05) is 11.4 Å². The number of benzene rings is 2. The molecule has 0 aliphatic carbocycles. The minimum atomic E-state index is -0.983. The molecule has 5 heteroatoms. The average Bonchev–Trinajstić information content (AvgIpc) is 2.49. The van der Waals surface area contributed by atoms with Crippen molar-refractivity contribution in [3.8, 4) is 0 Å². The Morgan fingerprint density at radius 2 is 1.86 bits per heavy atom. The molecule has 4 nitrogen and oxygen atoms in total. The van der Waals surface area contributed by atoms with Crippen molar-refractivity contribution in [2.24, 2.45) is 0 Å². The Labute approximate surface area is 126 Å². The van der Waals surface area contributed by atoms with Gasteiger partial charge in [-0.25, -0.2) is 4.79 Å². The fourth-order valence-corrected chi connectivity index (χ4v) is 2.78. The summed E-state index contributed by atoms with van der Waals surface area (Å²) in [6, 6.07) is 11.6. The van der Waals surface area contributed by atoms with Gasteiger partial charge in [0.25, 0.3) is 5.91 Å². The van der Waals surface area contributed by atoms with Gasteiger partial charge < -0.3 is 10.0 Å². The van der Waals surface area contributed by atoms with Crippen molar-refractivity contribution in [1.82, 2.24) is 0 Å². The van der Waals surface area contributed by atoms with Crippen LogP contribution in [0.4, 0.5) is 5.69 Å². The van der Waals surface area contributed by atoms with Crippen LogP contribution < -0.4 is 4.90 Å². The second kappa shape index (κ2) is 5.22. The lowest BCUT2D eigenvalue weighted by molar-refractivity contribution is 0.0696. The minimum absolute atomic E-state index is 0.109. The van der Waals surface area contributed by atoms with Gasteiger partial charge in [-0.1, -0.05) is 17.7 Å². The third kappa shape index (κ3) is 2.38. The highest BCUT2D eigenvalue weighted by atomic mass is 35.5. The molecule has 2 aromatic carbocycles. The van der Waals surface area contributed by atoms with Gasteiger partial charge in [0, 0.05) is 22.8 Å². The van der Waals surface area contributed by atoms with E-state index < -0.39 is 5.97 Å². The smallest absolute Gasteiger partial charge is 0.335 e. The predicted molar refractivity (Wildman–Crippen MR) is 80.2 cm³/mol. The summed E-state index contributed by atoms with van der Waals surface area (Å²) in [6.45, 7) is 0.530. The topological polar surface area (TPSA) is 57.6 Å². The van der Waals surface area contributed by atoms with Crippen LogP contribution >= 0.6 is 11.6 Å². The highest BCUT2D eigenvalue weighted by Gasteiger charge is 2.26. The number of rotatable bonds is 2. The standard InChI is InChI=1S/C16H12ClNO3/c17-14-3-1-2-13-12(14)8-9-18(15(13)19)11-6-4-10(5-7-11)16(20)21/h1-7H,8-9H2,(H,20,21). The summed E-state index contributed by atoms with van der Waals surface area (Å²) < 4.78 is 0. The number of halogens is 1. The van der Waals surface area contributed by atoms with E-state index in [1.54, 1.807) is 35.2 Å². The number of carbonyl (C=O) groups is 2. The molecule has 1 N–H and O–H groups in total. The summed E-state index contributed by atoms with van der Waals surface area (Å²) in [7, 11) is 0. The number of fused-ring (bicyclic) bond motifs is 1. The van der Waals surface area contributed by atoms with Crippen molar-refractivity contribution in [1.29, 1.82) is 0 Å². The third-order valence-corrected chi connectivity index (χ3v) is 3.96. The molecule has 0 fully saturated rings. The lowest BCUT2D eigenvalue weighted by Gasteiger charge is -2.29. The summed E-state index contributed by atoms with van der Waals surface area (Å²) in [4.78, 5) is 25.0. The zero-order valence-electron chi connectivity index (χ0n) is 11.0. The maximum absolute atomic E-state index is 12.5. The minimum Gasteiger partial charge on any atom is -0.478 e. The number of carboxylic acids is 1. The summed E-state index contributed by atoms with van der Waals surface area (Å²) in [5.74, 6) is -1.09. The fourth-order valence-electron chi connectivity index (χ4n) is 2.51. The van der Waals surface area contributed by atoms with Crippen LogP contribution in [0.2, 0.25) is 5.02 Å². The van der Waals surface area contributed by atoms with Crippen LogP contribution in [-0.4, -0.2) is 23.5 Å². The third-order valence-electron chi connectivity index (χ3n) is 3.61. The average molecular weight is 302 g/mol. The van der Waals surface area contributed by atoms with E-state index in [0.29, 0.717) is 29.2 Å². The van der Waals surface area contributed by atoms with Crippen molar-refractivity contribution in [3.63, 3.8) is 0 Å². The molecule has 1 aliphatic heterocycles. The number of hydrogen-bond acceptors (Lipinski definition) is 2. The Kier molecular flexibility index (Phi) is 3.39. The molecule has 106 valence electrons. The molecule has 0 atom stereocenters. The normalized spacial score (nSPS) is 14.0. The Bertz CT molecular complexity index is 725. The molecular weight excluding hydrogens is 290 g/mol. The number of anilines is 1. The van der Waals surface area contributed by atoms with Gasteiger partial charge in [-0.3, -0.25) is 4.79 Å². The van der Waals surface area contributed by atoms with Gasteiger partial charge in [0.15, 0.2) is 0 Å². The van der Waals surface area contributed by atoms with Gasteiger partial charge >= 0.3 is 5.97 Å². The number of aromatic carboxylic acids is 1. The van der Waals surface area contributed by atoms with E-state index in [1.807, 2.05) is 0 Å². The van der Waals surface area contributed by atoms with Gasteiger partial charge in [0.1, 0.15) is 0 Å². The molecule has 0 saturated heterocycles. The maximum Gasteiger partial charge on any atom is 0.335 e. The second-order valence-electron chi connectivity index (χ2n) is 4.82. The molecule has 0 bridgehead atoms. The number of amides is 1. The molecule has 1 amide bonds. The SMILES string of the molecule is O=C(O)c1ccc(N2CCc3c(Cl)cccc3C2=O)cc1. The van der Waals surface area contributed by atoms with E-state index in [4.69, 9.17) is 16.7 Å². The molecule has 1 aliphatic rings. The molecule has 0 aromatic heterocycles. The van der Waals surface area contributed by atoms with Gasteiger partial charge in [-0.2, -0.15) is 0 Å². The lowest BCUT2D eigenvalue weighted by atomic mass is 9.98. The van der Waals surface area contributed by atoms with Crippen molar-refractivity contribution in [2.45, 2.75) is 6.42 Å². The molecule has 21 heavy (non-hydrogen) atoms. The van der Waals surface area contributed by atoms with E-state index in [2.05, 4.69) is 0 Å². The van der Waals surface area contributed by atoms with E-state index in [9.17, 15) is 9.59 Å². The molecule has 0 spiro atoms. The Balaban J connectivity index is 1.95.